The Morgan fingerprint density at radius 2 is 2.25 bits per heavy atom. The molecule has 0 spiro atoms. The molecule has 1 aromatic rings. The highest BCUT2D eigenvalue weighted by atomic mass is 32.2. The maximum Gasteiger partial charge on any atom is 0.337 e. The average molecular weight is 222 g/mol. The lowest BCUT2D eigenvalue weighted by Gasteiger charge is -1.97. The number of rotatable bonds is 2. The van der Waals surface area contributed by atoms with Crippen LogP contribution in [0.25, 0.3) is 0 Å². The Morgan fingerprint density at radius 1 is 1.58 bits per heavy atom. The molecule has 12 heavy (non-hydrogen) atoms. The highest BCUT2D eigenvalue weighted by Gasteiger charge is 2.13. The molecule has 1 aromatic heterocycles. The number of hydrogen-bond donors (Lipinski definition) is 2. The van der Waals surface area contributed by atoms with Crippen LogP contribution in [0.4, 0.5) is 0 Å². The molecule has 64 valence electrons. The average Bonchev–Trinajstić information content (AvgIpc) is 2.04. The summed E-state index contributed by atoms with van der Waals surface area (Å²) in [5.74, 6) is 0.479. The van der Waals surface area contributed by atoms with E-state index in [1.54, 1.807) is 5.80 Å². The predicted molar refractivity (Wildman–Crippen MR) is 47.5 cm³/mol. The first-order chi connectivity index (χ1) is 5.63. The summed E-state index contributed by atoms with van der Waals surface area (Å²) in [6.07, 6.45) is 0. The van der Waals surface area contributed by atoms with Gasteiger partial charge in [-0.3, -0.25) is 0 Å². The number of carbonyl (C=O) groups is 1. The molecule has 0 fully saturated rings. The van der Waals surface area contributed by atoms with Gasteiger partial charge in [0.05, 0.1) is 5.56 Å². The van der Waals surface area contributed by atoms with Crippen molar-refractivity contribution in [1.29, 1.82) is 0 Å². The summed E-state index contributed by atoms with van der Waals surface area (Å²) in [6, 6.07) is 1.35. The highest BCUT2D eigenvalue weighted by molar-refractivity contribution is 7.95. The van der Waals surface area contributed by atoms with Gasteiger partial charge in [0, 0.05) is 0 Å². The molecule has 1 atom stereocenters. The summed E-state index contributed by atoms with van der Waals surface area (Å²) in [5, 5.41) is 8.60. The molecule has 0 bridgehead atoms. The molecule has 0 aliphatic heterocycles. The van der Waals surface area contributed by atoms with E-state index in [1.807, 2.05) is 0 Å². The lowest BCUT2D eigenvalue weighted by atomic mass is 10.3. The van der Waals surface area contributed by atoms with Crippen LogP contribution in [0.3, 0.4) is 0 Å². The molecule has 1 heterocycles. The first kappa shape index (κ1) is 9.75. The van der Waals surface area contributed by atoms with E-state index < -0.39 is 17.0 Å². The van der Waals surface area contributed by atoms with Crippen LogP contribution in [0.2, 0.25) is 0 Å². The highest BCUT2D eigenvalue weighted by Crippen LogP contribution is 2.30. The van der Waals surface area contributed by atoms with Crippen molar-refractivity contribution in [2.45, 2.75) is 4.63 Å². The van der Waals surface area contributed by atoms with Crippen LogP contribution in [-0.2, 0) is 11.1 Å². The van der Waals surface area contributed by atoms with Crippen LogP contribution in [0.1, 0.15) is 10.4 Å². The predicted octanol–water partition coefficient (Wildman–Crippen LogP) is 2.13. The zero-order valence-electron chi connectivity index (χ0n) is 5.67. The number of aromatic carboxylic acids is 1. The van der Waals surface area contributed by atoms with Gasteiger partial charge in [-0.2, -0.15) is 0 Å². The van der Waals surface area contributed by atoms with Gasteiger partial charge in [-0.15, -0.1) is 0 Å². The Morgan fingerprint density at radius 3 is 2.67 bits per heavy atom. The van der Waals surface area contributed by atoms with Crippen molar-refractivity contribution in [3.8, 4) is 0 Å². The van der Waals surface area contributed by atoms with Gasteiger partial charge in [0.1, 0.15) is 4.63 Å². The van der Waals surface area contributed by atoms with E-state index in [9.17, 15) is 9.00 Å². The van der Waals surface area contributed by atoms with Gasteiger partial charge in [0.2, 0.25) is 0 Å². The normalized spacial score (nSPS) is 13.8. The third-order valence-electron chi connectivity index (χ3n) is 1.08. The van der Waals surface area contributed by atoms with E-state index in [-0.39, 0.29) is 10.2 Å². The molecule has 0 amide bonds. The second kappa shape index (κ2) is 4.06. The number of carboxylic acids is 1. The molecule has 4 nitrogen and oxygen atoms in total. The molecule has 0 aliphatic carbocycles. The van der Waals surface area contributed by atoms with E-state index in [1.165, 1.54) is 6.07 Å². The van der Waals surface area contributed by atoms with Gasteiger partial charge in [0.15, 0.2) is 11.1 Å². The fourth-order valence-electron chi connectivity index (χ4n) is 0.611. The van der Waals surface area contributed by atoms with Crippen LogP contribution in [0.15, 0.2) is 16.5 Å². The maximum atomic E-state index is 10.6. The van der Waals surface area contributed by atoms with Crippen LogP contribution in [0, 0.1) is 0 Å². The van der Waals surface area contributed by atoms with Gasteiger partial charge in [-0.05, 0) is 27.6 Å². The quantitative estimate of drug-likeness (QED) is 0.751. The minimum Gasteiger partial charge on any atom is -0.478 e. The van der Waals surface area contributed by atoms with E-state index in [4.69, 9.17) is 9.66 Å². The molecule has 1 unspecified atom stereocenters. The van der Waals surface area contributed by atoms with Crippen molar-refractivity contribution in [3.63, 3.8) is 0 Å². The van der Waals surface area contributed by atoms with E-state index >= 15 is 0 Å². The van der Waals surface area contributed by atoms with Gasteiger partial charge in [-0.1, -0.05) is 0 Å². The standard InChI is InChI=1S/C5H4O4P2S/c6-4(7)3-1-2-10-11-5(3)12(8)9/h1-2H,(H,6,7)(H,8,9). The zero-order chi connectivity index (χ0) is 9.14. The Kier molecular flexibility index (Phi) is 3.29. The molecule has 0 radical (unpaired) electrons. The summed E-state index contributed by atoms with van der Waals surface area (Å²) in [4.78, 5) is 10.5. The zero-order valence-corrected chi connectivity index (χ0v) is 8.27. The molecule has 0 aromatic carbocycles. The summed E-state index contributed by atoms with van der Waals surface area (Å²) in [7, 11) is 1.38. The van der Waals surface area contributed by atoms with Crippen molar-refractivity contribution in [2.24, 2.45) is 0 Å². The lowest BCUT2D eigenvalue weighted by Crippen LogP contribution is -2.00. The summed E-state index contributed by atoms with van der Waals surface area (Å²) in [5.41, 5.74) is -0.0729. The summed E-state index contributed by atoms with van der Waals surface area (Å²) >= 11 is -2.17. The van der Waals surface area contributed by atoms with Crippen molar-refractivity contribution in [1.82, 2.24) is 0 Å². The van der Waals surface area contributed by atoms with E-state index in [0.29, 0.717) is 7.87 Å². The van der Waals surface area contributed by atoms with Gasteiger partial charge < -0.3 is 9.66 Å². The SMILES string of the molecule is O=C(O)c1ccppc1S(=O)O. The topological polar surface area (TPSA) is 74.6 Å². The van der Waals surface area contributed by atoms with Crippen LogP contribution < -0.4 is 0 Å². The summed E-state index contributed by atoms with van der Waals surface area (Å²) in [6.45, 7) is 0. The molecule has 7 heteroatoms. The van der Waals surface area contributed by atoms with Crippen molar-refractivity contribution < 1.29 is 18.7 Å². The first-order valence-electron chi connectivity index (χ1n) is 2.78. The fourth-order valence-corrected chi connectivity index (χ4v) is 3.99. The number of hydrogen-bond acceptors (Lipinski definition) is 2. The van der Waals surface area contributed by atoms with E-state index in [0.717, 1.165) is 7.87 Å². The molecule has 0 saturated carbocycles. The molecule has 0 aliphatic rings. The molecule has 1 rings (SSSR count). The molecular formula is C5H4O4P2S. The summed E-state index contributed by atoms with van der Waals surface area (Å²) < 4.78 is 19.4. The van der Waals surface area contributed by atoms with Crippen molar-refractivity contribution in [2.75, 3.05) is 0 Å². The van der Waals surface area contributed by atoms with Crippen molar-refractivity contribution >= 4 is 32.8 Å². The molecule has 2 N–H and O–H groups in total. The Bertz CT molecular complexity index is 307. The van der Waals surface area contributed by atoms with Gasteiger partial charge in [0.25, 0.3) is 0 Å². The Labute approximate surface area is 74.0 Å². The maximum absolute atomic E-state index is 10.6. The number of carboxylic acid groups (broad SMARTS) is 1. The third kappa shape index (κ3) is 2.08. The monoisotopic (exact) mass is 222 g/mol. The van der Waals surface area contributed by atoms with Crippen LogP contribution in [0.5, 0.6) is 0 Å². The minimum absolute atomic E-state index is 0.0617. The van der Waals surface area contributed by atoms with Crippen molar-refractivity contribution in [3.05, 3.63) is 17.4 Å². The molecule has 0 saturated heterocycles. The van der Waals surface area contributed by atoms with Gasteiger partial charge in [-0.25, -0.2) is 9.00 Å². The molecular weight excluding hydrogens is 218 g/mol. The first-order valence-corrected chi connectivity index (χ1v) is 6.46. The van der Waals surface area contributed by atoms with Crippen LogP contribution in [-0.4, -0.2) is 19.8 Å². The fraction of sp³-hybridized carbons (Fsp3) is 0. The largest absolute Gasteiger partial charge is 0.478 e. The second-order valence-corrected chi connectivity index (χ2v) is 5.48. The Balaban J connectivity index is 3.27. The van der Waals surface area contributed by atoms with Gasteiger partial charge >= 0.3 is 5.97 Å². The lowest BCUT2D eigenvalue weighted by molar-refractivity contribution is 0.0693. The Hall–Kier alpha value is -0.340. The third-order valence-corrected chi connectivity index (χ3v) is 4.95. The smallest absolute Gasteiger partial charge is 0.337 e. The van der Waals surface area contributed by atoms with Crippen LogP contribution >= 0.6 is 15.7 Å². The van der Waals surface area contributed by atoms with E-state index in [2.05, 4.69) is 0 Å². The second-order valence-electron chi connectivity index (χ2n) is 1.80. The minimum atomic E-state index is -2.17.